The minimum Gasteiger partial charge on any atom is -0.325 e. The number of hydrogen-bond acceptors (Lipinski definition) is 4. The van der Waals surface area contributed by atoms with Gasteiger partial charge in [0.25, 0.3) is 0 Å². The molecule has 0 fully saturated rings. The molecule has 0 aliphatic rings. The molecule has 0 bridgehead atoms. The number of hydrogen-bond donors (Lipinski definition) is 1. The van der Waals surface area contributed by atoms with Crippen molar-refractivity contribution in [2.24, 2.45) is 0 Å². The van der Waals surface area contributed by atoms with Gasteiger partial charge in [0, 0.05) is 11.4 Å². The molecule has 25 heavy (non-hydrogen) atoms. The highest BCUT2D eigenvalue weighted by Crippen LogP contribution is 2.20. The van der Waals surface area contributed by atoms with Gasteiger partial charge < -0.3 is 5.32 Å². The minimum absolute atomic E-state index is 0.0623. The zero-order valence-corrected chi connectivity index (χ0v) is 15.1. The summed E-state index contributed by atoms with van der Waals surface area (Å²) < 4.78 is 1.88. The summed E-state index contributed by atoms with van der Waals surface area (Å²) in [6, 6.07) is 16.0. The first kappa shape index (κ1) is 17.2. The van der Waals surface area contributed by atoms with E-state index in [4.69, 9.17) is 0 Å². The van der Waals surface area contributed by atoms with Crippen LogP contribution in [-0.4, -0.2) is 26.4 Å². The van der Waals surface area contributed by atoms with E-state index in [0.29, 0.717) is 5.16 Å². The van der Waals surface area contributed by atoms with Crippen LogP contribution in [0.4, 0.5) is 5.69 Å². The van der Waals surface area contributed by atoms with Crippen LogP contribution >= 0.6 is 11.8 Å². The number of rotatable bonds is 6. The molecule has 0 saturated carbocycles. The van der Waals surface area contributed by atoms with Crippen molar-refractivity contribution in [3.63, 3.8) is 0 Å². The number of anilines is 1. The smallest absolute Gasteiger partial charge is 0.234 e. The third kappa shape index (κ3) is 4.48. The first-order valence-electron chi connectivity index (χ1n) is 8.14. The van der Waals surface area contributed by atoms with E-state index in [1.54, 1.807) is 6.33 Å². The molecule has 0 aliphatic heterocycles. The molecule has 0 atom stereocenters. The standard InChI is InChI=1S/C19H20N4OS/c1-3-15-6-8-16(9-7-15)21-18(24)12-25-19-22-20-13-23(19)17-10-4-14(2)5-11-17/h4-11,13H,3,12H2,1-2H3,(H,21,24). The van der Waals surface area contributed by atoms with Crippen molar-refractivity contribution in [1.82, 2.24) is 14.8 Å². The normalized spacial score (nSPS) is 10.6. The summed E-state index contributed by atoms with van der Waals surface area (Å²) in [7, 11) is 0. The van der Waals surface area contributed by atoms with Crippen LogP contribution in [0, 0.1) is 6.92 Å². The number of thioether (sulfide) groups is 1. The lowest BCUT2D eigenvalue weighted by atomic mass is 10.1. The Balaban J connectivity index is 1.61. The van der Waals surface area contributed by atoms with Crippen molar-refractivity contribution >= 4 is 23.4 Å². The topological polar surface area (TPSA) is 59.8 Å². The summed E-state index contributed by atoms with van der Waals surface area (Å²) in [5.41, 5.74) is 4.23. The molecule has 5 nitrogen and oxygen atoms in total. The van der Waals surface area contributed by atoms with Crippen molar-refractivity contribution in [3.05, 3.63) is 66.0 Å². The lowest BCUT2D eigenvalue weighted by Crippen LogP contribution is -2.14. The molecule has 6 heteroatoms. The Hall–Kier alpha value is -2.60. The zero-order chi connectivity index (χ0) is 17.6. The van der Waals surface area contributed by atoms with Gasteiger partial charge in [0.2, 0.25) is 5.91 Å². The molecular weight excluding hydrogens is 332 g/mol. The lowest BCUT2D eigenvalue weighted by Gasteiger charge is -2.08. The molecule has 1 amide bonds. The van der Waals surface area contributed by atoms with E-state index in [1.165, 1.54) is 22.9 Å². The number of aromatic nitrogens is 3. The van der Waals surface area contributed by atoms with E-state index in [9.17, 15) is 4.79 Å². The fourth-order valence-electron chi connectivity index (χ4n) is 2.36. The fraction of sp³-hybridized carbons (Fsp3) is 0.211. The Morgan fingerprint density at radius 1 is 1.12 bits per heavy atom. The van der Waals surface area contributed by atoms with Crippen LogP contribution in [0.1, 0.15) is 18.1 Å². The van der Waals surface area contributed by atoms with Crippen LogP contribution < -0.4 is 5.32 Å². The first-order chi connectivity index (χ1) is 12.2. The summed E-state index contributed by atoms with van der Waals surface area (Å²) >= 11 is 1.37. The van der Waals surface area contributed by atoms with Gasteiger partial charge in [-0.1, -0.05) is 48.5 Å². The molecule has 1 aromatic heterocycles. The van der Waals surface area contributed by atoms with Gasteiger partial charge in [-0.15, -0.1) is 10.2 Å². The second-order valence-corrected chi connectivity index (χ2v) is 6.65. The van der Waals surface area contributed by atoms with Gasteiger partial charge in [-0.25, -0.2) is 0 Å². The van der Waals surface area contributed by atoms with Crippen LogP contribution in [0.2, 0.25) is 0 Å². The molecule has 0 saturated heterocycles. The van der Waals surface area contributed by atoms with E-state index in [2.05, 4.69) is 22.4 Å². The zero-order valence-electron chi connectivity index (χ0n) is 14.3. The van der Waals surface area contributed by atoms with Gasteiger partial charge in [0.05, 0.1) is 5.75 Å². The largest absolute Gasteiger partial charge is 0.325 e. The minimum atomic E-state index is -0.0623. The molecule has 0 spiro atoms. The van der Waals surface area contributed by atoms with E-state index in [-0.39, 0.29) is 11.7 Å². The Labute approximate surface area is 151 Å². The van der Waals surface area contributed by atoms with Gasteiger partial charge in [0.1, 0.15) is 6.33 Å². The Kier molecular flexibility index (Phi) is 5.50. The molecule has 2 aromatic carbocycles. The quantitative estimate of drug-likeness (QED) is 0.684. The van der Waals surface area contributed by atoms with Gasteiger partial charge in [0.15, 0.2) is 5.16 Å². The first-order valence-corrected chi connectivity index (χ1v) is 9.13. The summed E-state index contributed by atoms with van der Waals surface area (Å²) in [5.74, 6) is 0.216. The predicted octanol–water partition coefficient (Wildman–Crippen LogP) is 3.87. The molecule has 1 N–H and O–H groups in total. The molecule has 0 aliphatic carbocycles. The summed E-state index contributed by atoms with van der Waals surface area (Å²) in [5, 5.41) is 11.7. The van der Waals surface area contributed by atoms with Gasteiger partial charge in [-0.2, -0.15) is 0 Å². The van der Waals surface area contributed by atoms with Crippen molar-refractivity contribution in [3.8, 4) is 5.69 Å². The van der Waals surface area contributed by atoms with Crippen molar-refractivity contribution in [1.29, 1.82) is 0 Å². The third-order valence-corrected chi connectivity index (χ3v) is 4.75. The van der Waals surface area contributed by atoms with E-state index in [1.807, 2.05) is 60.0 Å². The van der Waals surface area contributed by atoms with Crippen molar-refractivity contribution < 1.29 is 4.79 Å². The highest BCUT2D eigenvalue weighted by molar-refractivity contribution is 7.99. The second kappa shape index (κ2) is 7.98. The number of nitrogens with zero attached hydrogens (tertiary/aromatic N) is 3. The number of amides is 1. The summed E-state index contributed by atoms with van der Waals surface area (Å²) in [4.78, 5) is 12.2. The molecule has 3 rings (SSSR count). The average Bonchev–Trinajstić information content (AvgIpc) is 3.10. The Bertz CT molecular complexity index is 841. The van der Waals surface area contributed by atoms with E-state index in [0.717, 1.165) is 17.8 Å². The van der Waals surface area contributed by atoms with Crippen LogP contribution in [0.25, 0.3) is 5.69 Å². The van der Waals surface area contributed by atoms with Crippen LogP contribution in [-0.2, 0) is 11.2 Å². The van der Waals surface area contributed by atoms with Crippen LogP contribution in [0.15, 0.2) is 60.0 Å². The molecule has 0 radical (unpaired) electrons. The highest BCUT2D eigenvalue weighted by atomic mass is 32.2. The maximum absolute atomic E-state index is 12.2. The van der Waals surface area contributed by atoms with Crippen molar-refractivity contribution in [2.75, 3.05) is 11.1 Å². The maximum Gasteiger partial charge on any atom is 0.234 e. The monoisotopic (exact) mass is 352 g/mol. The molecule has 3 aromatic rings. The van der Waals surface area contributed by atoms with Gasteiger partial charge in [-0.3, -0.25) is 9.36 Å². The van der Waals surface area contributed by atoms with E-state index < -0.39 is 0 Å². The molecule has 0 unspecified atom stereocenters. The second-order valence-electron chi connectivity index (χ2n) is 5.71. The van der Waals surface area contributed by atoms with E-state index >= 15 is 0 Å². The lowest BCUT2D eigenvalue weighted by molar-refractivity contribution is -0.113. The molecular formula is C19H20N4OS. The number of carbonyl (C=O) groups excluding carboxylic acids is 1. The highest BCUT2D eigenvalue weighted by Gasteiger charge is 2.10. The number of benzene rings is 2. The predicted molar refractivity (Wildman–Crippen MR) is 101 cm³/mol. The number of nitrogens with one attached hydrogen (secondary N) is 1. The van der Waals surface area contributed by atoms with Crippen molar-refractivity contribution in [2.45, 2.75) is 25.4 Å². The SMILES string of the molecule is CCc1ccc(NC(=O)CSc2nncn2-c2ccc(C)cc2)cc1. The molecule has 1 heterocycles. The van der Waals surface area contributed by atoms with Crippen LogP contribution in [0.5, 0.6) is 0 Å². The number of carbonyl (C=O) groups is 1. The fourth-order valence-corrected chi connectivity index (χ4v) is 3.09. The summed E-state index contributed by atoms with van der Waals surface area (Å²) in [6.07, 6.45) is 2.65. The molecule has 128 valence electrons. The summed E-state index contributed by atoms with van der Waals surface area (Å²) in [6.45, 7) is 4.15. The maximum atomic E-state index is 12.2. The van der Waals surface area contributed by atoms with Crippen LogP contribution in [0.3, 0.4) is 0 Å². The Morgan fingerprint density at radius 2 is 1.84 bits per heavy atom. The third-order valence-electron chi connectivity index (χ3n) is 3.81. The Morgan fingerprint density at radius 3 is 2.52 bits per heavy atom. The van der Waals surface area contributed by atoms with Gasteiger partial charge >= 0.3 is 0 Å². The van der Waals surface area contributed by atoms with Gasteiger partial charge in [-0.05, 0) is 43.2 Å². The number of aryl methyl sites for hydroxylation is 2. The average molecular weight is 352 g/mol.